The zero-order valence-corrected chi connectivity index (χ0v) is 9.06. The van der Waals surface area contributed by atoms with Crippen LogP contribution < -0.4 is 0 Å². The van der Waals surface area contributed by atoms with Crippen molar-refractivity contribution in [3.8, 4) is 0 Å². The smallest absolute Gasteiger partial charge is 0.384 e. The molecular formula is C11H19F3O. The molecule has 1 N–H and O–H groups in total. The third-order valence-corrected chi connectivity index (χ3v) is 3.48. The highest BCUT2D eigenvalue weighted by Gasteiger charge is 2.39. The summed E-state index contributed by atoms with van der Waals surface area (Å²) in [4.78, 5) is 0. The van der Waals surface area contributed by atoms with Gasteiger partial charge in [-0.2, -0.15) is 13.2 Å². The zero-order valence-electron chi connectivity index (χ0n) is 9.06. The molecule has 0 bridgehead atoms. The first-order chi connectivity index (χ1) is 6.93. The van der Waals surface area contributed by atoms with Crippen LogP contribution in [0.25, 0.3) is 0 Å². The average molecular weight is 224 g/mol. The molecule has 1 saturated carbocycles. The Morgan fingerprint density at radius 2 is 1.60 bits per heavy atom. The molecule has 1 nitrogen and oxygen atoms in total. The van der Waals surface area contributed by atoms with Crippen molar-refractivity contribution in [2.45, 2.75) is 57.7 Å². The van der Waals surface area contributed by atoms with E-state index in [-0.39, 0.29) is 12.3 Å². The number of rotatable bonds is 3. The second-order valence-corrected chi connectivity index (χ2v) is 4.59. The van der Waals surface area contributed by atoms with E-state index in [2.05, 4.69) is 6.92 Å². The lowest BCUT2D eigenvalue weighted by Gasteiger charge is -2.29. The fourth-order valence-corrected chi connectivity index (χ4v) is 2.32. The molecule has 15 heavy (non-hydrogen) atoms. The van der Waals surface area contributed by atoms with Gasteiger partial charge in [-0.05, 0) is 18.3 Å². The van der Waals surface area contributed by atoms with Crippen LogP contribution >= 0.6 is 0 Å². The summed E-state index contributed by atoms with van der Waals surface area (Å²) in [7, 11) is 0. The van der Waals surface area contributed by atoms with E-state index >= 15 is 0 Å². The van der Waals surface area contributed by atoms with Crippen LogP contribution in [0.5, 0.6) is 0 Å². The zero-order chi connectivity index (χ0) is 11.5. The molecule has 4 heteroatoms. The number of alkyl halides is 3. The van der Waals surface area contributed by atoms with Crippen molar-refractivity contribution >= 4 is 0 Å². The first kappa shape index (κ1) is 12.8. The lowest BCUT2D eigenvalue weighted by Crippen LogP contribution is -2.31. The van der Waals surface area contributed by atoms with E-state index in [0.29, 0.717) is 5.92 Å². The largest absolute Gasteiger partial charge is 0.414 e. The van der Waals surface area contributed by atoms with E-state index in [9.17, 15) is 13.2 Å². The predicted molar refractivity (Wildman–Crippen MR) is 52.4 cm³/mol. The molecule has 1 unspecified atom stereocenters. The lowest BCUT2D eigenvalue weighted by atomic mass is 9.78. The van der Waals surface area contributed by atoms with Gasteiger partial charge in [-0.3, -0.25) is 0 Å². The summed E-state index contributed by atoms with van der Waals surface area (Å²) in [5.74, 6) is 0.744. The van der Waals surface area contributed by atoms with E-state index in [4.69, 9.17) is 5.11 Å². The summed E-state index contributed by atoms with van der Waals surface area (Å²) >= 11 is 0. The molecule has 0 spiro atoms. The second kappa shape index (κ2) is 5.19. The van der Waals surface area contributed by atoms with Gasteiger partial charge in [0.1, 0.15) is 6.10 Å². The number of aliphatic hydroxyl groups is 1. The van der Waals surface area contributed by atoms with Gasteiger partial charge in [0.25, 0.3) is 0 Å². The minimum Gasteiger partial charge on any atom is -0.384 e. The maximum Gasteiger partial charge on any atom is 0.414 e. The first-order valence-electron chi connectivity index (χ1n) is 5.68. The maximum atomic E-state index is 12.1. The Labute approximate surface area is 88.7 Å². The third-order valence-electron chi connectivity index (χ3n) is 3.48. The molecule has 1 rings (SSSR count). The minimum absolute atomic E-state index is 0.0597. The Balaban J connectivity index is 2.29. The van der Waals surface area contributed by atoms with Crippen LogP contribution in [0.4, 0.5) is 13.2 Å². The van der Waals surface area contributed by atoms with Crippen LogP contribution in [0.3, 0.4) is 0 Å². The molecule has 1 aliphatic carbocycles. The van der Waals surface area contributed by atoms with Crippen molar-refractivity contribution in [3.05, 3.63) is 0 Å². The van der Waals surface area contributed by atoms with Gasteiger partial charge < -0.3 is 5.11 Å². The minimum atomic E-state index is -4.44. The van der Waals surface area contributed by atoms with Crippen molar-refractivity contribution < 1.29 is 18.3 Å². The summed E-state index contributed by atoms with van der Waals surface area (Å²) < 4.78 is 36.3. The molecule has 1 fully saturated rings. The van der Waals surface area contributed by atoms with E-state index in [0.717, 1.165) is 32.1 Å². The first-order valence-corrected chi connectivity index (χ1v) is 5.68. The molecule has 1 aliphatic rings. The monoisotopic (exact) mass is 224 g/mol. The lowest BCUT2D eigenvalue weighted by molar-refractivity contribution is -0.209. The molecule has 0 aromatic rings. The van der Waals surface area contributed by atoms with Gasteiger partial charge in [0, 0.05) is 0 Å². The number of hydrogen-bond acceptors (Lipinski definition) is 1. The van der Waals surface area contributed by atoms with Crippen molar-refractivity contribution in [1.29, 1.82) is 0 Å². The normalized spacial score (nSPS) is 30.2. The summed E-state index contributed by atoms with van der Waals surface area (Å²) in [5, 5.41) is 8.94. The van der Waals surface area contributed by atoms with Crippen LogP contribution in [0, 0.1) is 11.8 Å². The summed E-state index contributed by atoms with van der Waals surface area (Å²) in [5.41, 5.74) is 0. The molecular weight excluding hydrogens is 205 g/mol. The number of aliphatic hydroxyl groups excluding tert-OH is 1. The van der Waals surface area contributed by atoms with E-state index in [1.54, 1.807) is 0 Å². The van der Waals surface area contributed by atoms with Gasteiger partial charge in [-0.25, -0.2) is 0 Å². The van der Waals surface area contributed by atoms with Crippen LogP contribution in [-0.4, -0.2) is 17.4 Å². The fourth-order valence-electron chi connectivity index (χ4n) is 2.32. The molecule has 0 amide bonds. The average Bonchev–Trinajstić information content (AvgIpc) is 2.17. The molecule has 0 saturated heterocycles. The van der Waals surface area contributed by atoms with Crippen molar-refractivity contribution in [1.82, 2.24) is 0 Å². The Bertz CT molecular complexity index is 183. The van der Waals surface area contributed by atoms with E-state index < -0.39 is 12.3 Å². The van der Waals surface area contributed by atoms with Gasteiger partial charge in [0.2, 0.25) is 0 Å². The van der Waals surface area contributed by atoms with Gasteiger partial charge >= 0.3 is 6.18 Å². The Hall–Kier alpha value is -0.250. The molecule has 0 radical (unpaired) electrons. The second-order valence-electron chi connectivity index (χ2n) is 4.59. The highest BCUT2D eigenvalue weighted by molar-refractivity contribution is 4.76. The van der Waals surface area contributed by atoms with Crippen LogP contribution in [0.2, 0.25) is 0 Å². The van der Waals surface area contributed by atoms with Crippen LogP contribution in [0.15, 0.2) is 0 Å². The highest BCUT2D eigenvalue weighted by atomic mass is 19.4. The fraction of sp³-hybridized carbons (Fsp3) is 1.00. The van der Waals surface area contributed by atoms with Gasteiger partial charge in [-0.1, -0.05) is 39.0 Å². The molecule has 0 aromatic heterocycles. The van der Waals surface area contributed by atoms with Gasteiger partial charge in [0.05, 0.1) is 0 Å². The molecule has 0 heterocycles. The molecule has 0 aliphatic heterocycles. The van der Waals surface area contributed by atoms with Crippen molar-refractivity contribution in [2.75, 3.05) is 0 Å². The number of halogens is 3. The van der Waals surface area contributed by atoms with Crippen LogP contribution in [-0.2, 0) is 0 Å². The highest BCUT2D eigenvalue weighted by Crippen LogP contribution is 2.35. The SMILES string of the molecule is CCC1CCC(CC(O)C(F)(F)F)CC1. The summed E-state index contributed by atoms with van der Waals surface area (Å²) in [6, 6.07) is 0. The molecule has 90 valence electrons. The number of hydrogen-bond donors (Lipinski definition) is 1. The van der Waals surface area contributed by atoms with E-state index in [1.165, 1.54) is 0 Å². The van der Waals surface area contributed by atoms with Crippen molar-refractivity contribution in [2.24, 2.45) is 11.8 Å². The molecule has 0 aromatic carbocycles. The van der Waals surface area contributed by atoms with E-state index in [1.807, 2.05) is 0 Å². The Morgan fingerprint density at radius 3 is 2.00 bits per heavy atom. The maximum absolute atomic E-state index is 12.1. The quantitative estimate of drug-likeness (QED) is 0.777. The third kappa shape index (κ3) is 4.01. The standard InChI is InChI=1S/C11H19F3O/c1-2-8-3-5-9(6-4-8)7-10(15)11(12,13)14/h8-10,15H,2-7H2,1H3. The predicted octanol–water partition coefficient (Wildman–Crippen LogP) is 3.52. The summed E-state index contributed by atoms with van der Waals surface area (Å²) in [6.07, 6.45) is -1.84. The summed E-state index contributed by atoms with van der Waals surface area (Å²) in [6.45, 7) is 2.12. The van der Waals surface area contributed by atoms with Crippen molar-refractivity contribution in [3.63, 3.8) is 0 Å². The van der Waals surface area contributed by atoms with Gasteiger partial charge in [0.15, 0.2) is 0 Å². The Kier molecular flexibility index (Phi) is 4.44. The topological polar surface area (TPSA) is 20.2 Å². The van der Waals surface area contributed by atoms with Crippen LogP contribution in [0.1, 0.15) is 45.4 Å². The molecule has 1 atom stereocenters. The van der Waals surface area contributed by atoms with Gasteiger partial charge in [-0.15, -0.1) is 0 Å². The Morgan fingerprint density at radius 1 is 1.13 bits per heavy atom.